The number of phenols is 1. The Bertz CT molecular complexity index is 707. The molecule has 1 aliphatic heterocycles. The van der Waals surface area contributed by atoms with Crippen molar-refractivity contribution in [1.82, 2.24) is 9.88 Å². The fourth-order valence-corrected chi connectivity index (χ4v) is 3.61. The van der Waals surface area contributed by atoms with E-state index in [1.165, 1.54) is 16.9 Å². The molecule has 0 spiro atoms. The van der Waals surface area contributed by atoms with Gasteiger partial charge in [-0.3, -0.25) is 9.69 Å². The van der Waals surface area contributed by atoms with Gasteiger partial charge >= 0.3 is 0 Å². The zero-order valence-electron chi connectivity index (χ0n) is 14.1. The van der Waals surface area contributed by atoms with Crippen LogP contribution in [0, 0.1) is 19.8 Å². The molecule has 3 rings (SSSR count). The molecule has 0 atom stereocenters. The summed E-state index contributed by atoms with van der Waals surface area (Å²) < 4.78 is 0. The van der Waals surface area contributed by atoms with E-state index in [0.717, 1.165) is 43.6 Å². The molecule has 1 aliphatic rings. The van der Waals surface area contributed by atoms with E-state index in [4.69, 9.17) is 0 Å². The molecule has 0 saturated carbocycles. The highest BCUT2D eigenvalue weighted by molar-refractivity contribution is 7.13. The summed E-state index contributed by atoms with van der Waals surface area (Å²) in [5.41, 5.74) is 3.26. The number of carbonyl (C=O) groups is 1. The molecular weight excluding hydrogens is 322 g/mol. The fraction of sp³-hybridized carbons (Fsp3) is 0.444. The molecule has 1 aromatic heterocycles. The van der Waals surface area contributed by atoms with Crippen LogP contribution in [0.2, 0.25) is 0 Å². The van der Waals surface area contributed by atoms with Crippen molar-refractivity contribution >= 4 is 22.4 Å². The molecule has 6 heteroatoms. The van der Waals surface area contributed by atoms with Crippen LogP contribution in [0.4, 0.5) is 5.13 Å². The van der Waals surface area contributed by atoms with Gasteiger partial charge in [0.1, 0.15) is 5.75 Å². The van der Waals surface area contributed by atoms with Crippen molar-refractivity contribution in [3.63, 3.8) is 0 Å². The third kappa shape index (κ3) is 3.94. The average Bonchev–Trinajstić information content (AvgIpc) is 3.06. The number of hydrogen-bond acceptors (Lipinski definition) is 5. The van der Waals surface area contributed by atoms with Gasteiger partial charge in [0.2, 0.25) is 5.91 Å². The van der Waals surface area contributed by atoms with Crippen molar-refractivity contribution < 1.29 is 9.90 Å². The number of benzene rings is 1. The quantitative estimate of drug-likeness (QED) is 0.892. The minimum Gasteiger partial charge on any atom is -0.508 e. The van der Waals surface area contributed by atoms with Crippen LogP contribution in [-0.2, 0) is 11.3 Å². The molecule has 0 aliphatic carbocycles. The second-order valence-electron chi connectivity index (χ2n) is 6.44. The van der Waals surface area contributed by atoms with Crippen LogP contribution in [0.3, 0.4) is 0 Å². The molecule has 24 heavy (non-hydrogen) atoms. The highest BCUT2D eigenvalue weighted by atomic mass is 32.1. The zero-order valence-corrected chi connectivity index (χ0v) is 14.9. The van der Waals surface area contributed by atoms with Gasteiger partial charge in [-0.15, -0.1) is 11.3 Å². The van der Waals surface area contributed by atoms with Crippen LogP contribution < -0.4 is 5.32 Å². The van der Waals surface area contributed by atoms with Crippen LogP contribution in [0.25, 0.3) is 0 Å². The maximum Gasteiger partial charge on any atom is 0.229 e. The van der Waals surface area contributed by atoms with E-state index in [1.807, 2.05) is 18.4 Å². The SMILES string of the molecule is Cc1cc(O)c(CN2CCC(C(=O)Nc3nccs3)CC2)cc1C. The number of aromatic nitrogens is 1. The summed E-state index contributed by atoms with van der Waals surface area (Å²) >= 11 is 1.44. The number of likely N-dealkylation sites (tertiary alicyclic amines) is 1. The number of rotatable bonds is 4. The lowest BCUT2D eigenvalue weighted by atomic mass is 9.95. The van der Waals surface area contributed by atoms with Gasteiger partial charge in [0.05, 0.1) is 0 Å². The monoisotopic (exact) mass is 345 g/mol. The predicted molar refractivity (Wildman–Crippen MR) is 96.3 cm³/mol. The van der Waals surface area contributed by atoms with E-state index >= 15 is 0 Å². The third-order valence-electron chi connectivity index (χ3n) is 4.71. The lowest BCUT2D eigenvalue weighted by Gasteiger charge is -2.31. The van der Waals surface area contributed by atoms with Crippen LogP contribution in [0.5, 0.6) is 5.75 Å². The van der Waals surface area contributed by atoms with E-state index in [2.05, 4.69) is 28.2 Å². The molecule has 0 bridgehead atoms. The Labute approximate surface area is 146 Å². The lowest BCUT2D eigenvalue weighted by molar-refractivity contribution is -0.121. The Balaban J connectivity index is 1.54. The number of thiazole rings is 1. The number of anilines is 1. The van der Waals surface area contributed by atoms with Crippen molar-refractivity contribution in [1.29, 1.82) is 0 Å². The van der Waals surface area contributed by atoms with E-state index in [0.29, 0.717) is 10.9 Å². The summed E-state index contributed by atoms with van der Waals surface area (Å²) in [5.74, 6) is 0.471. The number of piperidine rings is 1. The van der Waals surface area contributed by atoms with Gasteiger partial charge in [0.15, 0.2) is 5.13 Å². The molecule has 1 amide bonds. The number of amides is 1. The molecule has 2 heterocycles. The van der Waals surface area contributed by atoms with Crippen LogP contribution in [0.15, 0.2) is 23.7 Å². The Kier molecular flexibility index (Phi) is 5.16. The van der Waals surface area contributed by atoms with E-state index in [1.54, 1.807) is 6.20 Å². The summed E-state index contributed by atoms with van der Waals surface area (Å²) in [6.07, 6.45) is 3.37. The largest absolute Gasteiger partial charge is 0.508 e. The Morgan fingerprint density at radius 2 is 2.04 bits per heavy atom. The molecule has 5 nitrogen and oxygen atoms in total. The van der Waals surface area contributed by atoms with Crippen molar-refractivity contribution in [3.8, 4) is 5.75 Å². The van der Waals surface area contributed by atoms with Crippen LogP contribution >= 0.6 is 11.3 Å². The maximum atomic E-state index is 12.3. The molecule has 128 valence electrons. The minimum absolute atomic E-state index is 0.0403. The van der Waals surface area contributed by atoms with Gasteiger partial charge < -0.3 is 10.4 Å². The molecule has 2 N–H and O–H groups in total. The lowest BCUT2D eigenvalue weighted by Crippen LogP contribution is -2.37. The van der Waals surface area contributed by atoms with Crippen molar-refractivity contribution in [2.75, 3.05) is 18.4 Å². The highest BCUT2D eigenvalue weighted by Gasteiger charge is 2.25. The summed E-state index contributed by atoms with van der Waals surface area (Å²) in [4.78, 5) is 18.7. The van der Waals surface area contributed by atoms with Gasteiger partial charge in [-0.05, 0) is 57.0 Å². The first-order chi connectivity index (χ1) is 11.5. The number of nitrogens with one attached hydrogen (secondary N) is 1. The normalized spacial score (nSPS) is 16.2. The molecular formula is C18H23N3O2S. The van der Waals surface area contributed by atoms with E-state index in [9.17, 15) is 9.90 Å². The molecule has 2 aromatic rings. The molecule has 1 fully saturated rings. The Morgan fingerprint density at radius 1 is 1.33 bits per heavy atom. The number of aryl methyl sites for hydroxylation is 2. The smallest absolute Gasteiger partial charge is 0.229 e. The molecule has 1 aromatic carbocycles. The van der Waals surface area contributed by atoms with Gasteiger partial charge in [-0.1, -0.05) is 6.07 Å². The topological polar surface area (TPSA) is 65.5 Å². The minimum atomic E-state index is 0.0403. The first kappa shape index (κ1) is 16.9. The number of hydrogen-bond donors (Lipinski definition) is 2. The molecule has 1 saturated heterocycles. The first-order valence-electron chi connectivity index (χ1n) is 8.24. The summed E-state index contributed by atoms with van der Waals surface area (Å²) in [6, 6.07) is 3.89. The van der Waals surface area contributed by atoms with Crippen molar-refractivity contribution in [3.05, 3.63) is 40.4 Å². The van der Waals surface area contributed by atoms with Crippen molar-refractivity contribution in [2.45, 2.75) is 33.2 Å². The second-order valence-corrected chi connectivity index (χ2v) is 7.34. The second kappa shape index (κ2) is 7.32. The van der Waals surface area contributed by atoms with Gasteiger partial charge in [0, 0.05) is 29.6 Å². The standard InChI is InChI=1S/C18H23N3O2S/c1-12-9-15(16(22)10-13(12)2)11-21-6-3-14(4-7-21)17(23)20-18-19-5-8-24-18/h5,8-10,14,22H,3-4,6-7,11H2,1-2H3,(H,19,20,23). The molecule has 0 unspecified atom stereocenters. The summed E-state index contributed by atoms with van der Waals surface area (Å²) in [7, 11) is 0. The van der Waals surface area contributed by atoms with Crippen molar-refractivity contribution in [2.24, 2.45) is 5.92 Å². The summed E-state index contributed by atoms with van der Waals surface area (Å²) in [5, 5.41) is 15.5. The van der Waals surface area contributed by atoms with E-state index < -0.39 is 0 Å². The van der Waals surface area contributed by atoms with Gasteiger partial charge in [-0.25, -0.2) is 4.98 Å². The number of aromatic hydroxyl groups is 1. The Hall–Kier alpha value is -1.92. The zero-order chi connectivity index (χ0) is 17.1. The third-order valence-corrected chi connectivity index (χ3v) is 5.40. The molecule has 0 radical (unpaired) electrons. The predicted octanol–water partition coefficient (Wildman–Crippen LogP) is 3.32. The average molecular weight is 345 g/mol. The first-order valence-corrected chi connectivity index (χ1v) is 9.12. The van der Waals surface area contributed by atoms with Crippen LogP contribution in [-0.4, -0.2) is 34.0 Å². The highest BCUT2D eigenvalue weighted by Crippen LogP contribution is 2.26. The number of carbonyl (C=O) groups excluding carboxylic acids is 1. The van der Waals surface area contributed by atoms with Gasteiger partial charge in [0.25, 0.3) is 0 Å². The van der Waals surface area contributed by atoms with Gasteiger partial charge in [-0.2, -0.15) is 0 Å². The summed E-state index contributed by atoms with van der Waals surface area (Å²) in [6.45, 7) is 6.53. The fourth-order valence-electron chi connectivity index (χ4n) is 3.07. The maximum absolute atomic E-state index is 12.3. The number of phenolic OH excluding ortho intramolecular Hbond substituents is 1. The Morgan fingerprint density at radius 3 is 2.71 bits per heavy atom. The van der Waals surface area contributed by atoms with Crippen LogP contribution in [0.1, 0.15) is 29.5 Å². The number of nitrogens with zero attached hydrogens (tertiary/aromatic N) is 2. The van der Waals surface area contributed by atoms with E-state index in [-0.39, 0.29) is 11.8 Å².